The molecule has 0 spiro atoms. The third-order valence-corrected chi connectivity index (χ3v) is 4.57. The molecule has 0 saturated carbocycles. The molecule has 1 aliphatic heterocycles. The molecule has 3 N–H and O–H groups in total. The van der Waals surface area contributed by atoms with Gasteiger partial charge in [0.1, 0.15) is 23.2 Å². The van der Waals surface area contributed by atoms with Crippen LogP contribution in [0.15, 0.2) is 42.6 Å². The lowest BCUT2D eigenvalue weighted by Crippen LogP contribution is -2.34. The monoisotopic (exact) mass is 382 g/mol. The van der Waals surface area contributed by atoms with E-state index in [1.165, 1.54) is 24.4 Å². The Balaban J connectivity index is 1.67. The minimum absolute atomic E-state index is 0.0384. The molecule has 8 heteroatoms. The van der Waals surface area contributed by atoms with Gasteiger partial charge in [0.2, 0.25) is 5.95 Å². The van der Waals surface area contributed by atoms with Crippen LogP contribution in [0.4, 0.5) is 16.0 Å². The lowest BCUT2D eigenvalue weighted by Gasteiger charge is -2.24. The highest BCUT2D eigenvalue weighted by Gasteiger charge is 2.20. The van der Waals surface area contributed by atoms with Crippen molar-refractivity contribution in [3.05, 3.63) is 54.0 Å². The van der Waals surface area contributed by atoms with E-state index in [0.717, 1.165) is 25.9 Å². The molecule has 0 radical (unpaired) electrons. The van der Waals surface area contributed by atoms with E-state index in [4.69, 9.17) is 4.74 Å². The van der Waals surface area contributed by atoms with Crippen molar-refractivity contribution < 1.29 is 19.0 Å². The zero-order valence-electron chi connectivity index (χ0n) is 15.0. The first-order valence-corrected chi connectivity index (χ1v) is 9.02. The number of rotatable bonds is 5. The Hall–Kier alpha value is -3.26. The highest BCUT2D eigenvalue weighted by atomic mass is 19.1. The van der Waals surface area contributed by atoms with Gasteiger partial charge in [0.15, 0.2) is 0 Å². The van der Waals surface area contributed by atoms with E-state index >= 15 is 0 Å². The molecule has 1 saturated heterocycles. The summed E-state index contributed by atoms with van der Waals surface area (Å²) in [6, 6.07) is 9.12. The third kappa shape index (κ3) is 4.01. The summed E-state index contributed by atoms with van der Waals surface area (Å²) in [5.74, 6) is -0.848. The number of ether oxygens (including phenoxy) is 1. The van der Waals surface area contributed by atoms with Crippen LogP contribution < -0.4 is 15.4 Å². The Bertz CT molecular complexity index is 1020. The third-order valence-electron chi connectivity index (χ3n) is 4.57. The summed E-state index contributed by atoms with van der Waals surface area (Å²) in [5, 5.41) is 16.3. The minimum atomic E-state index is -1.06. The Morgan fingerprint density at radius 3 is 2.82 bits per heavy atom. The van der Waals surface area contributed by atoms with Crippen molar-refractivity contribution in [1.29, 1.82) is 0 Å². The zero-order valence-corrected chi connectivity index (χ0v) is 15.0. The second-order valence-electron chi connectivity index (χ2n) is 6.61. The van der Waals surface area contributed by atoms with Crippen LogP contribution in [0.5, 0.6) is 5.75 Å². The van der Waals surface area contributed by atoms with Crippen molar-refractivity contribution >= 4 is 28.5 Å². The molecule has 28 heavy (non-hydrogen) atoms. The van der Waals surface area contributed by atoms with Crippen molar-refractivity contribution in [1.82, 2.24) is 15.3 Å². The molecule has 0 atom stereocenters. The van der Waals surface area contributed by atoms with Crippen molar-refractivity contribution in [3.8, 4) is 5.75 Å². The number of carbonyl (C=O) groups is 1. The number of halogens is 1. The van der Waals surface area contributed by atoms with Gasteiger partial charge < -0.3 is 20.5 Å². The number of piperidine rings is 1. The van der Waals surface area contributed by atoms with Crippen LogP contribution in [-0.2, 0) is 0 Å². The molecule has 7 nitrogen and oxygen atoms in total. The smallest absolute Gasteiger partial charge is 0.339 e. The number of carboxylic acids is 1. The van der Waals surface area contributed by atoms with Gasteiger partial charge in [-0.05, 0) is 50.2 Å². The Labute approximate surface area is 160 Å². The number of nitrogens with one attached hydrogen (secondary N) is 2. The van der Waals surface area contributed by atoms with Gasteiger partial charge in [-0.2, -0.15) is 0 Å². The van der Waals surface area contributed by atoms with Crippen LogP contribution in [0.2, 0.25) is 0 Å². The van der Waals surface area contributed by atoms with Crippen LogP contribution in [0.3, 0.4) is 0 Å². The van der Waals surface area contributed by atoms with Gasteiger partial charge in [-0.25, -0.2) is 19.2 Å². The number of hydrogen-bond donors (Lipinski definition) is 3. The number of nitrogens with zero attached hydrogens (tertiary/aromatic N) is 2. The van der Waals surface area contributed by atoms with Gasteiger partial charge in [-0.3, -0.25) is 0 Å². The van der Waals surface area contributed by atoms with E-state index in [1.54, 1.807) is 18.2 Å². The molecule has 2 heterocycles. The van der Waals surface area contributed by atoms with E-state index in [1.807, 2.05) is 0 Å². The molecule has 3 aromatic rings. The molecule has 4 rings (SSSR count). The van der Waals surface area contributed by atoms with Gasteiger partial charge in [-0.15, -0.1) is 0 Å². The predicted molar refractivity (Wildman–Crippen MR) is 103 cm³/mol. The summed E-state index contributed by atoms with van der Waals surface area (Å²) in [6.07, 6.45) is 3.12. The number of aromatic nitrogens is 2. The normalized spacial score (nSPS) is 14.8. The zero-order chi connectivity index (χ0) is 19.5. The summed E-state index contributed by atoms with van der Waals surface area (Å²) in [6.45, 7) is 1.68. The number of aromatic carboxylic acids is 1. The number of benzene rings is 2. The first-order chi connectivity index (χ1) is 13.6. The van der Waals surface area contributed by atoms with Crippen molar-refractivity contribution in [2.45, 2.75) is 18.9 Å². The highest BCUT2D eigenvalue weighted by Crippen LogP contribution is 2.28. The Kier molecular flexibility index (Phi) is 5.03. The SMILES string of the molecule is O=C(O)c1cc2cnc(Nc3cccc(F)c3)nc2cc1OC1CCNCC1. The predicted octanol–water partition coefficient (Wildman–Crippen LogP) is 3.34. The summed E-state index contributed by atoms with van der Waals surface area (Å²) < 4.78 is 19.3. The fraction of sp³-hybridized carbons (Fsp3) is 0.250. The van der Waals surface area contributed by atoms with Crippen molar-refractivity contribution in [3.63, 3.8) is 0 Å². The van der Waals surface area contributed by atoms with Gasteiger partial charge >= 0.3 is 5.97 Å². The Morgan fingerprint density at radius 2 is 2.07 bits per heavy atom. The van der Waals surface area contributed by atoms with Crippen LogP contribution >= 0.6 is 0 Å². The Morgan fingerprint density at radius 1 is 1.25 bits per heavy atom. The molecule has 0 bridgehead atoms. The van der Waals surface area contributed by atoms with Gasteiger partial charge in [0, 0.05) is 23.3 Å². The fourth-order valence-corrected chi connectivity index (χ4v) is 3.17. The first-order valence-electron chi connectivity index (χ1n) is 9.02. The average Bonchev–Trinajstić information content (AvgIpc) is 2.68. The van der Waals surface area contributed by atoms with E-state index in [9.17, 15) is 14.3 Å². The fourth-order valence-electron chi connectivity index (χ4n) is 3.17. The number of carboxylic acid groups (broad SMARTS) is 1. The molecular formula is C20H19FN4O3. The molecular weight excluding hydrogens is 363 g/mol. The van der Waals surface area contributed by atoms with Crippen LogP contribution in [0, 0.1) is 5.82 Å². The number of hydrogen-bond acceptors (Lipinski definition) is 6. The standard InChI is InChI=1S/C20H19FN4O3/c21-13-2-1-3-14(9-13)24-20-23-11-12-8-16(19(26)27)18(10-17(12)25-20)28-15-4-6-22-7-5-15/h1-3,8-11,15,22H,4-7H2,(H,26,27)(H,23,24,25). The van der Waals surface area contributed by atoms with Crippen LogP contribution in [-0.4, -0.2) is 40.2 Å². The van der Waals surface area contributed by atoms with Crippen molar-refractivity contribution in [2.75, 3.05) is 18.4 Å². The maximum atomic E-state index is 13.4. The summed E-state index contributed by atoms with van der Waals surface area (Å²) in [5.41, 5.74) is 1.15. The maximum Gasteiger partial charge on any atom is 0.339 e. The van der Waals surface area contributed by atoms with Gasteiger partial charge in [0.25, 0.3) is 0 Å². The number of anilines is 2. The van der Waals surface area contributed by atoms with E-state index in [0.29, 0.717) is 22.3 Å². The molecule has 0 aliphatic carbocycles. The lowest BCUT2D eigenvalue weighted by atomic mass is 10.1. The quantitative estimate of drug-likeness (QED) is 0.623. The van der Waals surface area contributed by atoms with Gasteiger partial charge in [-0.1, -0.05) is 6.07 Å². The first kappa shape index (κ1) is 18.1. The molecule has 0 amide bonds. The molecule has 1 aliphatic rings. The molecule has 2 aromatic carbocycles. The average molecular weight is 382 g/mol. The topological polar surface area (TPSA) is 96.4 Å². The summed E-state index contributed by atoms with van der Waals surface area (Å²) in [4.78, 5) is 20.3. The van der Waals surface area contributed by atoms with E-state index < -0.39 is 5.97 Å². The van der Waals surface area contributed by atoms with E-state index in [2.05, 4.69) is 20.6 Å². The molecule has 144 valence electrons. The van der Waals surface area contributed by atoms with E-state index in [-0.39, 0.29) is 23.4 Å². The molecule has 0 unspecified atom stereocenters. The minimum Gasteiger partial charge on any atom is -0.489 e. The highest BCUT2D eigenvalue weighted by molar-refractivity contribution is 5.96. The van der Waals surface area contributed by atoms with Crippen LogP contribution in [0.25, 0.3) is 10.9 Å². The molecule has 1 aromatic heterocycles. The second kappa shape index (κ2) is 7.77. The van der Waals surface area contributed by atoms with Crippen LogP contribution in [0.1, 0.15) is 23.2 Å². The van der Waals surface area contributed by atoms with Gasteiger partial charge in [0.05, 0.1) is 5.52 Å². The largest absolute Gasteiger partial charge is 0.489 e. The maximum absolute atomic E-state index is 13.4. The second-order valence-corrected chi connectivity index (χ2v) is 6.61. The lowest BCUT2D eigenvalue weighted by molar-refractivity contribution is 0.0687. The summed E-state index contributed by atoms with van der Waals surface area (Å²) in [7, 11) is 0. The molecule has 1 fully saturated rings. The number of fused-ring (bicyclic) bond motifs is 1. The van der Waals surface area contributed by atoms with Crippen molar-refractivity contribution in [2.24, 2.45) is 0 Å². The summed E-state index contributed by atoms with van der Waals surface area (Å²) >= 11 is 0.